The van der Waals surface area contributed by atoms with Crippen molar-refractivity contribution in [2.45, 2.75) is 53.0 Å². The van der Waals surface area contributed by atoms with Gasteiger partial charge >= 0.3 is 11.9 Å². The number of fused-ring (bicyclic) bond motifs is 1. The fourth-order valence-corrected chi connectivity index (χ4v) is 4.88. The molecule has 1 fully saturated rings. The van der Waals surface area contributed by atoms with Crippen molar-refractivity contribution >= 4 is 17.8 Å². The second-order valence-corrected chi connectivity index (χ2v) is 10.4. The number of benzene rings is 1. The first-order chi connectivity index (χ1) is 16.6. The molecule has 9 nitrogen and oxygen atoms in total. The Kier molecular flexibility index (Phi) is 6.98. The van der Waals surface area contributed by atoms with Gasteiger partial charge in [-0.05, 0) is 49.3 Å². The van der Waals surface area contributed by atoms with Gasteiger partial charge in [0.05, 0.1) is 34.7 Å². The molecule has 2 aromatic rings. The van der Waals surface area contributed by atoms with Crippen LogP contribution < -0.4 is 5.32 Å². The van der Waals surface area contributed by atoms with E-state index in [1.54, 1.807) is 0 Å². The number of carboxylic acids is 1. The van der Waals surface area contributed by atoms with E-state index >= 15 is 0 Å². The summed E-state index contributed by atoms with van der Waals surface area (Å²) in [5.74, 6) is -1.75. The van der Waals surface area contributed by atoms with Gasteiger partial charge in [-0.15, -0.1) is 0 Å². The van der Waals surface area contributed by atoms with E-state index in [4.69, 9.17) is 19.7 Å². The van der Waals surface area contributed by atoms with Crippen LogP contribution in [0.3, 0.4) is 0 Å². The van der Waals surface area contributed by atoms with Crippen molar-refractivity contribution in [3.05, 3.63) is 52.3 Å². The Morgan fingerprint density at radius 3 is 2.66 bits per heavy atom. The van der Waals surface area contributed by atoms with Crippen molar-refractivity contribution in [1.82, 2.24) is 15.1 Å². The molecule has 9 heteroatoms. The standard InChI is InChI=1S/C26H33N3O6/c1-4-19-21-20(13-26(14-27-22(21)30)8-10-34-11-9-26)29(28-19)15-25(2,3)16-35-24(33)18-7-5-6-17(12-18)23(31)32/h5-7,12H,4,8-11,13-16H2,1-3H3,(H,27,30)(H,31,32). The Balaban J connectivity index is 1.53. The predicted octanol–water partition coefficient (Wildman–Crippen LogP) is 3.11. The molecule has 1 aromatic heterocycles. The number of ether oxygens (including phenoxy) is 2. The van der Waals surface area contributed by atoms with E-state index in [0.29, 0.717) is 38.3 Å². The van der Waals surface area contributed by atoms with Gasteiger partial charge in [0.25, 0.3) is 5.91 Å². The first-order valence-corrected chi connectivity index (χ1v) is 12.1. The highest BCUT2D eigenvalue weighted by Gasteiger charge is 2.40. The van der Waals surface area contributed by atoms with Crippen LogP contribution >= 0.6 is 0 Å². The third kappa shape index (κ3) is 5.40. The number of aromatic carboxylic acids is 1. The molecule has 1 aromatic carbocycles. The summed E-state index contributed by atoms with van der Waals surface area (Å²) in [5.41, 5.74) is 2.09. The minimum Gasteiger partial charge on any atom is -0.478 e. The van der Waals surface area contributed by atoms with Gasteiger partial charge < -0.3 is 19.9 Å². The van der Waals surface area contributed by atoms with Crippen LogP contribution in [0.1, 0.15) is 76.1 Å². The second kappa shape index (κ2) is 9.81. The van der Waals surface area contributed by atoms with Gasteiger partial charge in [0.15, 0.2) is 0 Å². The molecular weight excluding hydrogens is 450 g/mol. The van der Waals surface area contributed by atoms with E-state index in [2.05, 4.69) is 5.32 Å². The second-order valence-electron chi connectivity index (χ2n) is 10.4. The maximum absolute atomic E-state index is 13.0. The average Bonchev–Trinajstić information content (AvgIpc) is 3.10. The zero-order chi connectivity index (χ0) is 25.2. The number of aryl methyl sites for hydroxylation is 1. The highest BCUT2D eigenvalue weighted by Crippen LogP contribution is 2.38. The van der Waals surface area contributed by atoms with E-state index in [9.17, 15) is 14.4 Å². The molecule has 1 spiro atoms. The summed E-state index contributed by atoms with van der Waals surface area (Å²) in [7, 11) is 0. The largest absolute Gasteiger partial charge is 0.478 e. The number of carboxylic acid groups (broad SMARTS) is 1. The Morgan fingerprint density at radius 2 is 1.97 bits per heavy atom. The van der Waals surface area contributed by atoms with Crippen LogP contribution in [0.4, 0.5) is 0 Å². The first kappa shape index (κ1) is 24.9. The lowest BCUT2D eigenvalue weighted by atomic mass is 9.76. The van der Waals surface area contributed by atoms with Crippen molar-refractivity contribution in [2.75, 3.05) is 26.4 Å². The van der Waals surface area contributed by atoms with Crippen LogP contribution in [-0.2, 0) is 28.9 Å². The van der Waals surface area contributed by atoms with Crippen LogP contribution in [0.2, 0.25) is 0 Å². The van der Waals surface area contributed by atoms with Gasteiger partial charge in [0.2, 0.25) is 0 Å². The number of nitrogens with one attached hydrogen (secondary N) is 1. The van der Waals surface area contributed by atoms with Crippen LogP contribution in [0.15, 0.2) is 24.3 Å². The molecule has 0 saturated carbocycles. The molecule has 0 bridgehead atoms. The number of carbonyl (C=O) groups excluding carboxylic acids is 2. The van der Waals surface area contributed by atoms with Crippen molar-refractivity contribution in [3.8, 4) is 0 Å². The molecule has 1 saturated heterocycles. The third-order valence-corrected chi connectivity index (χ3v) is 6.93. The van der Waals surface area contributed by atoms with Gasteiger partial charge in [-0.2, -0.15) is 5.10 Å². The zero-order valence-electron chi connectivity index (χ0n) is 20.6. The number of hydrogen-bond acceptors (Lipinski definition) is 6. The van der Waals surface area contributed by atoms with E-state index in [-0.39, 0.29) is 29.1 Å². The van der Waals surface area contributed by atoms with Crippen LogP contribution in [0.25, 0.3) is 0 Å². The molecule has 2 N–H and O–H groups in total. The highest BCUT2D eigenvalue weighted by atomic mass is 16.5. The van der Waals surface area contributed by atoms with E-state index in [1.165, 1.54) is 24.3 Å². The number of aromatic nitrogens is 2. The fraction of sp³-hybridized carbons (Fsp3) is 0.538. The van der Waals surface area contributed by atoms with Gasteiger partial charge in [0, 0.05) is 31.7 Å². The molecular formula is C26H33N3O6. The number of hydrogen-bond donors (Lipinski definition) is 2. The van der Waals surface area contributed by atoms with Gasteiger partial charge in [-0.1, -0.05) is 26.8 Å². The molecule has 0 unspecified atom stereocenters. The van der Waals surface area contributed by atoms with Gasteiger partial charge in [0.1, 0.15) is 0 Å². The SMILES string of the molecule is CCc1nn(CC(C)(C)COC(=O)c2cccc(C(=O)O)c2)c2c1C(=O)NCC1(CCOCC1)C2. The highest BCUT2D eigenvalue weighted by molar-refractivity contribution is 5.97. The summed E-state index contributed by atoms with van der Waals surface area (Å²) < 4.78 is 13.1. The lowest BCUT2D eigenvalue weighted by Gasteiger charge is -2.36. The summed E-state index contributed by atoms with van der Waals surface area (Å²) >= 11 is 0. The lowest BCUT2D eigenvalue weighted by molar-refractivity contribution is 0.0145. The molecule has 3 heterocycles. The van der Waals surface area contributed by atoms with Crippen LogP contribution in [-0.4, -0.2) is 59.1 Å². The molecule has 2 aliphatic heterocycles. The summed E-state index contributed by atoms with van der Waals surface area (Å²) in [6.45, 7) is 8.54. The lowest BCUT2D eigenvalue weighted by Crippen LogP contribution is -2.41. The van der Waals surface area contributed by atoms with E-state index in [0.717, 1.165) is 30.7 Å². The van der Waals surface area contributed by atoms with Gasteiger partial charge in [-0.3, -0.25) is 9.48 Å². The maximum atomic E-state index is 13.0. The summed E-state index contributed by atoms with van der Waals surface area (Å²) in [6, 6.07) is 5.80. The molecule has 0 atom stereocenters. The van der Waals surface area contributed by atoms with Crippen molar-refractivity contribution in [2.24, 2.45) is 10.8 Å². The smallest absolute Gasteiger partial charge is 0.338 e. The molecule has 2 aliphatic rings. The van der Waals surface area contributed by atoms with Crippen LogP contribution in [0, 0.1) is 10.8 Å². The topological polar surface area (TPSA) is 120 Å². The minimum absolute atomic E-state index is 0.0327. The monoisotopic (exact) mass is 483 g/mol. The number of rotatable bonds is 7. The molecule has 188 valence electrons. The molecule has 1 amide bonds. The Labute approximate surface area is 204 Å². The molecule has 0 aliphatic carbocycles. The van der Waals surface area contributed by atoms with Crippen molar-refractivity contribution in [3.63, 3.8) is 0 Å². The summed E-state index contributed by atoms with van der Waals surface area (Å²) in [4.78, 5) is 36.8. The average molecular weight is 484 g/mol. The normalized spacial score (nSPS) is 17.4. The van der Waals surface area contributed by atoms with E-state index < -0.39 is 17.4 Å². The number of carbonyl (C=O) groups is 3. The van der Waals surface area contributed by atoms with Crippen molar-refractivity contribution < 1.29 is 29.0 Å². The quantitative estimate of drug-likeness (QED) is 0.581. The third-order valence-electron chi connectivity index (χ3n) is 6.93. The maximum Gasteiger partial charge on any atom is 0.338 e. The summed E-state index contributed by atoms with van der Waals surface area (Å²) in [5, 5.41) is 17.1. The Bertz CT molecular complexity index is 1130. The van der Waals surface area contributed by atoms with E-state index in [1.807, 2.05) is 25.5 Å². The first-order valence-electron chi connectivity index (χ1n) is 12.1. The number of esters is 1. The fourth-order valence-electron chi connectivity index (χ4n) is 4.88. The Morgan fingerprint density at radius 1 is 1.26 bits per heavy atom. The Hall–Kier alpha value is -3.20. The van der Waals surface area contributed by atoms with Crippen molar-refractivity contribution in [1.29, 1.82) is 0 Å². The molecule has 0 radical (unpaired) electrons. The minimum atomic E-state index is -1.10. The van der Waals surface area contributed by atoms with Crippen LogP contribution in [0.5, 0.6) is 0 Å². The zero-order valence-corrected chi connectivity index (χ0v) is 20.6. The molecule has 35 heavy (non-hydrogen) atoms. The number of amides is 1. The molecule has 4 rings (SSSR count). The van der Waals surface area contributed by atoms with Gasteiger partial charge in [-0.25, -0.2) is 9.59 Å². The predicted molar refractivity (Wildman–Crippen MR) is 128 cm³/mol. The number of nitrogens with zero attached hydrogens (tertiary/aromatic N) is 2. The summed E-state index contributed by atoms with van der Waals surface area (Å²) in [6.07, 6.45) is 3.16.